The molecule has 3 rings (SSSR count). The molecule has 0 heterocycles. The van der Waals surface area contributed by atoms with Gasteiger partial charge in [-0.25, -0.2) is 14.0 Å². The van der Waals surface area contributed by atoms with Crippen molar-refractivity contribution in [3.05, 3.63) is 96.3 Å². The molecular formula is C32H35FO7. The van der Waals surface area contributed by atoms with Gasteiger partial charge in [0.25, 0.3) is 0 Å². The Balaban J connectivity index is 1.49. The van der Waals surface area contributed by atoms with E-state index in [1.165, 1.54) is 12.1 Å². The first-order chi connectivity index (χ1) is 19.4. The third-order valence-electron chi connectivity index (χ3n) is 5.98. The predicted octanol–water partition coefficient (Wildman–Crippen LogP) is 6.51. The maximum atomic E-state index is 14.5. The van der Waals surface area contributed by atoms with Crippen molar-refractivity contribution in [3.63, 3.8) is 0 Å². The van der Waals surface area contributed by atoms with Crippen molar-refractivity contribution in [1.82, 2.24) is 0 Å². The van der Waals surface area contributed by atoms with Gasteiger partial charge in [-0.15, -0.1) is 6.58 Å². The van der Waals surface area contributed by atoms with Crippen LogP contribution in [-0.2, 0) is 14.2 Å². The highest BCUT2D eigenvalue weighted by Gasteiger charge is 2.16. The van der Waals surface area contributed by atoms with Gasteiger partial charge in [0.1, 0.15) is 12.4 Å². The van der Waals surface area contributed by atoms with E-state index in [1.807, 2.05) is 38.1 Å². The standard InChI is InChI=1S/C32H35FO7/c1-4-16-36-17-18-37-19-20-38-28-13-10-25(11-14-28)24-6-8-26(9-7-24)32(35)40-30-15-12-27(21-29(30)33)31(34)39-22-23(3)5-2/h4,6-15,21,23H,1,5,16-20,22H2,2-3H3/t23-/m0/s1. The molecule has 0 aromatic heterocycles. The number of carbonyl (C=O) groups excluding carboxylic acids is 2. The number of esters is 2. The first kappa shape index (κ1) is 30.5. The number of hydrogen-bond acceptors (Lipinski definition) is 7. The zero-order chi connectivity index (χ0) is 28.7. The number of ether oxygens (including phenoxy) is 5. The molecule has 0 N–H and O–H groups in total. The summed E-state index contributed by atoms with van der Waals surface area (Å²) in [7, 11) is 0. The summed E-state index contributed by atoms with van der Waals surface area (Å²) in [5.41, 5.74) is 2.14. The summed E-state index contributed by atoms with van der Waals surface area (Å²) in [6.07, 6.45) is 2.56. The quantitative estimate of drug-likeness (QED) is 0.0870. The number of halogens is 1. The average Bonchev–Trinajstić information content (AvgIpc) is 2.98. The zero-order valence-corrected chi connectivity index (χ0v) is 22.9. The topological polar surface area (TPSA) is 80.3 Å². The Kier molecular flexibility index (Phi) is 12.3. The number of rotatable bonds is 16. The Labute approximate surface area is 234 Å². The fourth-order valence-electron chi connectivity index (χ4n) is 3.44. The fourth-order valence-corrected chi connectivity index (χ4v) is 3.44. The highest BCUT2D eigenvalue weighted by Crippen LogP contribution is 2.24. The van der Waals surface area contributed by atoms with E-state index in [9.17, 15) is 14.0 Å². The van der Waals surface area contributed by atoms with Crippen molar-refractivity contribution in [2.45, 2.75) is 20.3 Å². The van der Waals surface area contributed by atoms with E-state index in [1.54, 1.807) is 30.3 Å². The van der Waals surface area contributed by atoms with Crippen molar-refractivity contribution in [2.75, 3.05) is 39.6 Å². The molecule has 0 saturated heterocycles. The van der Waals surface area contributed by atoms with E-state index < -0.39 is 17.8 Å². The van der Waals surface area contributed by atoms with Crippen LogP contribution in [0.15, 0.2) is 79.4 Å². The van der Waals surface area contributed by atoms with Crippen LogP contribution in [0, 0.1) is 11.7 Å². The maximum absolute atomic E-state index is 14.5. The van der Waals surface area contributed by atoms with Gasteiger partial charge >= 0.3 is 11.9 Å². The van der Waals surface area contributed by atoms with E-state index in [4.69, 9.17) is 23.7 Å². The van der Waals surface area contributed by atoms with E-state index >= 15 is 0 Å². The van der Waals surface area contributed by atoms with Gasteiger partial charge in [0, 0.05) is 0 Å². The van der Waals surface area contributed by atoms with Gasteiger partial charge in [0.05, 0.1) is 44.2 Å². The minimum atomic E-state index is -0.825. The second-order valence-corrected chi connectivity index (χ2v) is 9.07. The molecule has 7 nitrogen and oxygen atoms in total. The maximum Gasteiger partial charge on any atom is 0.343 e. The van der Waals surface area contributed by atoms with Crippen LogP contribution in [0.25, 0.3) is 11.1 Å². The molecule has 3 aromatic rings. The molecule has 0 spiro atoms. The number of hydrogen-bond donors (Lipinski definition) is 0. The van der Waals surface area contributed by atoms with Crippen LogP contribution in [0.4, 0.5) is 4.39 Å². The van der Waals surface area contributed by atoms with Crippen molar-refractivity contribution < 1.29 is 37.7 Å². The summed E-state index contributed by atoms with van der Waals surface area (Å²) in [4.78, 5) is 24.7. The SMILES string of the molecule is C=CCOCCOCCOc1ccc(-c2ccc(C(=O)Oc3ccc(C(=O)OC[C@@H](C)CC)cc3F)cc2)cc1. The Hall–Kier alpha value is -4.01. The molecule has 0 unspecified atom stereocenters. The lowest BCUT2D eigenvalue weighted by molar-refractivity contribution is 0.0446. The van der Waals surface area contributed by atoms with Crippen LogP contribution >= 0.6 is 0 Å². The van der Waals surface area contributed by atoms with Gasteiger partial charge in [0.15, 0.2) is 11.6 Å². The molecule has 1 atom stereocenters. The second-order valence-electron chi connectivity index (χ2n) is 9.07. The lowest BCUT2D eigenvalue weighted by Gasteiger charge is -2.11. The number of carbonyl (C=O) groups is 2. The fraction of sp³-hybridized carbons (Fsp3) is 0.312. The Morgan fingerprint density at radius 1 is 0.850 bits per heavy atom. The van der Waals surface area contributed by atoms with E-state index in [0.29, 0.717) is 38.8 Å². The van der Waals surface area contributed by atoms with E-state index in [-0.39, 0.29) is 29.4 Å². The van der Waals surface area contributed by atoms with Gasteiger partial charge < -0.3 is 23.7 Å². The molecule has 0 fully saturated rings. The monoisotopic (exact) mass is 550 g/mol. The summed E-state index contributed by atoms with van der Waals surface area (Å²) >= 11 is 0. The second kappa shape index (κ2) is 16.2. The normalized spacial score (nSPS) is 11.5. The molecule has 0 amide bonds. The van der Waals surface area contributed by atoms with E-state index in [2.05, 4.69) is 6.58 Å². The lowest BCUT2D eigenvalue weighted by Crippen LogP contribution is -2.13. The predicted molar refractivity (Wildman–Crippen MR) is 150 cm³/mol. The van der Waals surface area contributed by atoms with Crippen LogP contribution < -0.4 is 9.47 Å². The molecule has 0 aliphatic heterocycles. The van der Waals surface area contributed by atoms with Crippen LogP contribution in [0.1, 0.15) is 41.0 Å². The molecule has 3 aromatic carbocycles. The molecule has 0 aliphatic carbocycles. The minimum absolute atomic E-state index is 0.0553. The molecule has 8 heteroatoms. The molecule has 0 bridgehead atoms. The van der Waals surface area contributed by atoms with Crippen molar-refractivity contribution in [1.29, 1.82) is 0 Å². The molecule has 40 heavy (non-hydrogen) atoms. The first-order valence-electron chi connectivity index (χ1n) is 13.2. The van der Waals surface area contributed by atoms with Crippen molar-refractivity contribution >= 4 is 11.9 Å². The largest absolute Gasteiger partial charge is 0.491 e. The van der Waals surface area contributed by atoms with Gasteiger partial charge in [-0.1, -0.05) is 50.6 Å². The van der Waals surface area contributed by atoms with Crippen LogP contribution in [0.5, 0.6) is 11.5 Å². The lowest BCUT2D eigenvalue weighted by atomic mass is 10.0. The third-order valence-corrected chi connectivity index (χ3v) is 5.98. The van der Waals surface area contributed by atoms with Crippen molar-refractivity contribution in [2.24, 2.45) is 5.92 Å². The van der Waals surface area contributed by atoms with Crippen molar-refractivity contribution in [3.8, 4) is 22.6 Å². The highest BCUT2D eigenvalue weighted by atomic mass is 19.1. The zero-order valence-electron chi connectivity index (χ0n) is 22.9. The summed E-state index contributed by atoms with van der Waals surface area (Å²) in [5, 5.41) is 0. The minimum Gasteiger partial charge on any atom is -0.491 e. The van der Waals surface area contributed by atoms with Gasteiger partial charge in [-0.05, 0) is 59.5 Å². The summed E-state index contributed by atoms with van der Waals surface area (Å²) in [5.74, 6) is -1.50. The van der Waals surface area contributed by atoms with Crippen LogP contribution in [0.2, 0.25) is 0 Å². The van der Waals surface area contributed by atoms with Gasteiger partial charge in [0.2, 0.25) is 0 Å². The average molecular weight is 551 g/mol. The molecule has 0 saturated carbocycles. The van der Waals surface area contributed by atoms with E-state index in [0.717, 1.165) is 23.6 Å². The molecule has 0 radical (unpaired) electrons. The summed E-state index contributed by atoms with van der Waals surface area (Å²) < 4.78 is 41.3. The smallest absolute Gasteiger partial charge is 0.343 e. The van der Waals surface area contributed by atoms with Crippen LogP contribution in [0.3, 0.4) is 0 Å². The Bertz CT molecular complexity index is 1240. The Morgan fingerprint density at radius 2 is 1.48 bits per heavy atom. The van der Waals surface area contributed by atoms with Gasteiger partial charge in [-0.2, -0.15) is 0 Å². The first-order valence-corrected chi connectivity index (χ1v) is 13.2. The molecule has 0 aliphatic rings. The number of benzene rings is 3. The summed E-state index contributed by atoms with van der Waals surface area (Å²) in [6, 6.07) is 17.9. The molecular weight excluding hydrogens is 515 g/mol. The molecule has 212 valence electrons. The Morgan fingerprint density at radius 3 is 2.12 bits per heavy atom. The summed E-state index contributed by atoms with van der Waals surface area (Å²) in [6.45, 7) is 10.2. The highest BCUT2D eigenvalue weighted by molar-refractivity contribution is 5.92. The van der Waals surface area contributed by atoms with Gasteiger partial charge in [-0.3, -0.25) is 0 Å². The van der Waals surface area contributed by atoms with Crippen LogP contribution in [-0.4, -0.2) is 51.6 Å². The third kappa shape index (κ3) is 9.63.